The molecular formula is C23H17F13N2O4S. The van der Waals surface area contributed by atoms with Gasteiger partial charge in [0.05, 0.1) is 6.10 Å². The monoisotopic (exact) mass is 664 g/mol. The summed E-state index contributed by atoms with van der Waals surface area (Å²) in [6.45, 7) is 3.49. The molecule has 43 heavy (non-hydrogen) atoms. The Morgan fingerprint density at radius 2 is 1.30 bits per heavy atom. The highest BCUT2D eigenvalue weighted by Gasteiger charge is 2.80. The van der Waals surface area contributed by atoms with Gasteiger partial charge in [0, 0.05) is 16.8 Å². The molecule has 0 spiro atoms. The van der Waals surface area contributed by atoms with Gasteiger partial charge in [0.15, 0.2) is 5.11 Å². The van der Waals surface area contributed by atoms with Crippen molar-refractivity contribution in [3.63, 3.8) is 0 Å². The second kappa shape index (κ2) is 12.3. The summed E-state index contributed by atoms with van der Waals surface area (Å²) in [6.07, 6.45) is -28.2. The van der Waals surface area contributed by atoms with E-state index < -0.39 is 58.8 Å². The van der Waals surface area contributed by atoms with Crippen LogP contribution in [-0.2, 0) is 15.4 Å². The van der Waals surface area contributed by atoms with E-state index in [1.165, 1.54) is 24.3 Å². The Bertz CT molecular complexity index is 1300. The highest BCUT2D eigenvalue weighted by Crippen LogP contribution is 2.54. The zero-order valence-corrected chi connectivity index (χ0v) is 22.0. The maximum atomic E-state index is 14.5. The molecule has 0 unspecified atom stereocenters. The average Bonchev–Trinajstić information content (AvgIpc) is 2.81. The zero-order chi connectivity index (χ0) is 33.2. The van der Waals surface area contributed by atoms with E-state index in [0.717, 1.165) is 6.07 Å². The highest BCUT2D eigenvalue weighted by atomic mass is 32.1. The maximum absolute atomic E-state index is 14.5. The number of hydrogen-bond acceptors (Lipinski definition) is 5. The number of hydrogen-bond donors (Lipinski definition) is 2. The van der Waals surface area contributed by atoms with Gasteiger partial charge in [-0.15, -0.1) is 13.2 Å². The van der Waals surface area contributed by atoms with E-state index in [0.29, 0.717) is 11.8 Å². The van der Waals surface area contributed by atoms with Crippen LogP contribution in [0.15, 0.2) is 48.5 Å². The lowest BCUT2D eigenvalue weighted by Gasteiger charge is -2.35. The van der Waals surface area contributed by atoms with Crippen LogP contribution in [0.25, 0.3) is 0 Å². The van der Waals surface area contributed by atoms with Crippen molar-refractivity contribution in [3.8, 4) is 5.75 Å². The van der Waals surface area contributed by atoms with Gasteiger partial charge in [0.1, 0.15) is 5.75 Å². The number of carbonyl (C=O) groups is 1. The molecule has 0 aliphatic heterocycles. The molecule has 1 amide bonds. The third-order valence-corrected chi connectivity index (χ3v) is 5.00. The molecule has 0 heterocycles. The fraction of sp³-hybridized carbons (Fsp3) is 0.391. The van der Waals surface area contributed by atoms with Gasteiger partial charge in [0.25, 0.3) is 5.91 Å². The van der Waals surface area contributed by atoms with Crippen molar-refractivity contribution in [2.45, 2.75) is 56.5 Å². The van der Waals surface area contributed by atoms with Crippen LogP contribution in [0.3, 0.4) is 0 Å². The fourth-order valence-electron chi connectivity index (χ4n) is 2.92. The largest absolute Gasteiger partial charge is 0.527 e. The lowest BCUT2D eigenvalue weighted by atomic mass is 10.1. The Morgan fingerprint density at radius 1 is 0.767 bits per heavy atom. The number of amides is 1. The van der Waals surface area contributed by atoms with Crippen molar-refractivity contribution in [2.24, 2.45) is 0 Å². The van der Waals surface area contributed by atoms with Crippen LogP contribution in [0.1, 0.15) is 29.8 Å². The molecular weight excluding hydrogens is 647 g/mol. The molecule has 2 rings (SSSR count). The normalized spacial score (nSPS) is 13.6. The van der Waals surface area contributed by atoms with E-state index in [2.05, 4.69) is 15.4 Å². The molecule has 0 aromatic heterocycles. The second-order valence-corrected chi connectivity index (χ2v) is 8.94. The molecule has 0 bridgehead atoms. The van der Waals surface area contributed by atoms with E-state index in [9.17, 15) is 61.9 Å². The number of nitrogens with one attached hydrogen (secondary N) is 2. The minimum atomic E-state index is -7.54. The van der Waals surface area contributed by atoms with Gasteiger partial charge in [-0.1, -0.05) is 12.1 Å². The van der Waals surface area contributed by atoms with Gasteiger partial charge >= 0.3 is 36.5 Å². The molecule has 0 fully saturated rings. The molecule has 0 radical (unpaired) electrons. The summed E-state index contributed by atoms with van der Waals surface area (Å²) >= 11 is 4.82. The third-order valence-electron chi connectivity index (χ3n) is 4.80. The van der Waals surface area contributed by atoms with E-state index in [-0.39, 0.29) is 23.8 Å². The molecule has 2 aromatic rings. The Morgan fingerprint density at radius 3 is 1.81 bits per heavy atom. The summed E-state index contributed by atoms with van der Waals surface area (Å²) in [5.74, 6) is -14.0. The summed E-state index contributed by atoms with van der Waals surface area (Å²) in [7, 11) is 0. The first-order valence-electron chi connectivity index (χ1n) is 11.2. The molecule has 0 saturated carbocycles. The van der Waals surface area contributed by atoms with Crippen LogP contribution in [0.5, 0.6) is 5.75 Å². The topological polar surface area (TPSA) is 68.8 Å². The highest BCUT2D eigenvalue weighted by molar-refractivity contribution is 7.80. The summed E-state index contributed by atoms with van der Waals surface area (Å²) in [5.41, 5.74) is -2.53. The van der Waals surface area contributed by atoms with Crippen molar-refractivity contribution in [1.29, 1.82) is 0 Å². The summed E-state index contributed by atoms with van der Waals surface area (Å²) in [5, 5.41) is 3.63. The molecule has 0 saturated heterocycles. The van der Waals surface area contributed by atoms with Gasteiger partial charge in [-0.05, 0) is 62.5 Å². The fourth-order valence-corrected chi connectivity index (χ4v) is 3.13. The number of carbonyl (C=O) groups excluding carboxylic acids is 1. The smallest absolute Gasteiger partial charge is 0.491 e. The number of ether oxygens (including phenoxy) is 3. The van der Waals surface area contributed by atoms with Gasteiger partial charge in [0.2, 0.25) is 0 Å². The first-order valence-corrected chi connectivity index (χ1v) is 11.6. The molecule has 0 aliphatic rings. The lowest BCUT2D eigenvalue weighted by Crippen LogP contribution is -2.61. The molecule has 240 valence electrons. The quantitative estimate of drug-likeness (QED) is 0.190. The first kappa shape index (κ1) is 35.8. The number of anilines is 1. The van der Waals surface area contributed by atoms with Crippen LogP contribution in [0.2, 0.25) is 0 Å². The SMILES string of the molecule is CC(C)Oc1ccc(C(=O)NC(=S)Nc2cccc(C(F)(F)C(F)(F)OC(F)(F)C(F)(F)C(F)(F)OC(F)(F)F)c2)cc1. The number of alkyl halides is 13. The summed E-state index contributed by atoms with van der Waals surface area (Å²) < 4.78 is 182. The lowest BCUT2D eigenvalue weighted by molar-refractivity contribution is -0.535. The van der Waals surface area contributed by atoms with Gasteiger partial charge in [-0.3, -0.25) is 10.1 Å². The van der Waals surface area contributed by atoms with Crippen LogP contribution in [0.4, 0.5) is 62.8 Å². The maximum Gasteiger partial charge on any atom is 0.527 e. The van der Waals surface area contributed by atoms with E-state index in [1.54, 1.807) is 18.6 Å². The minimum absolute atomic E-state index is 0.0290. The van der Waals surface area contributed by atoms with Gasteiger partial charge in [-0.25, -0.2) is 9.47 Å². The summed E-state index contributed by atoms with van der Waals surface area (Å²) in [6, 6.07) is 7.23. The average molecular weight is 664 g/mol. The van der Waals surface area contributed by atoms with E-state index in [4.69, 9.17) is 17.0 Å². The van der Waals surface area contributed by atoms with Crippen molar-refractivity contribution in [2.75, 3.05) is 5.32 Å². The Kier molecular flexibility index (Phi) is 10.2. The number of halogens is 13. The molecule has 0 atom stereocenters. The van der Waals surface area contributed by atoms with Gasteiger partial charge in [-0.2, -0.15) is 43.9 Å². The molecule has 2 aromatic carbocycles. The van der Waals surface area contributed by atoms with E-state index >= 15 is 0 Å². The van der Waals surface area contributed by atoms with Crippen LogP contribution in [0, 0.1) is 0 Å². The third kappa shape index (κ3) is 8.59. The first-order chi connectivity index (χ1) is 19.3. The van der Waals surface area contributed by atoms with E-state index in [1.807, 2.05) is 0 Å². The molecule has 2 N–H and O–H groups in total. The predicted octanol–water partition coefficient (Wildman–Crippen LogP) is 7.66. The number of benzene rings is 2. The van der Waals surface area contributed by atoms with Crippen LogP contribution in [-0.4, -0.2) is 47.7 Å². The second-order valence-electron chi connectivity index (χ2n) is 8.53. The van der Waals surface area contributed by atoms with Gasteiger partial charge < -0.3 is 10.1 Å². The molecule has 20 heteroatoms. The minimum Gasteiger partial charge on any atom is -0.491 e. The van der Waals surface area contributed by atoms with Crippen molar-refractivity contribution in [1.82, 2.24) is 5.32 Å². The van der Waals surface area contributed by atoms with Crippen LogP contribution >= 0.6 is 12.2 Å². The Labute approximate surface area is 238 Å². The molecule has 0 aliphatic carbocycles. The zero-order valence-electron chi connectivity index (χ0n) is 21.2. The number of thiocarbonyl (C=S) groups is 1. The summed E-state index contributed by atoms with van der Waals surface area (Å²) in [4.78, 5) is 12.3. The van der Waals surface area contributed by atoms with Crippen molar-refractivity contribution in [3.05, 3.63) is 59.7 Å². The van der Waals surface area contributed by atoms with Crippen molar-refractivity contribution < 1.29 is 76.1 Å². The molecule has 6 nitrogen and oxygen atoms in total. The predicted molar refractivity (Wildman–Crippen MR) is 124 cm³/mol. The van der Waals surface area contributed by atoms with Crippen molar-refractivity contribution >= 4 is 28.9 Å². The van der Waals surface area contributed by atoms with Crippen LogP contribution < -0.4 is 15.4 Å². The standard InChI is InChI=1S/C23H17F13N2O4S/c1-11(2)40-15-8-6-12(7-9-15)16(39)38-17(43)37-14-5-3-4-13(10-14)18(24,25)20(28,29)41-21(30,31)19(26,27)22(32,33)42-23(34,35)36/h3-11H,1-2H3,(H2,37,38,39,43). The Hall–Kier alpha value is -3.39. The Balaban J connectivity index is 2.20. The number of rotatable bonds is 11.